The van der Waals surface area contributed by atoms with Crippen LogP contribution in [0.25, 0.3) is 21.5 Å². The van der Waals surface area contributed by atoms with Gasteiger partial charge in [0.15, 0.2) is 0 Å². The van der Waals surface area contributed by atoms with Gasteiger partial charge in [0.1, 0.15) is 12.4 Å². The van der Waals surface area contributed by atoms with E-state index in [9.17, 15) is 15.0 Å². The van der Waals surface area contributed by atoms with Crippen LogP contribution >= 0.6 is 0 Å². The van der Waals surface area contributed by atoms with E-state index in [-0.39, 0.29) is 17.1 Å². The molecule has 4 rings (SSSR count). The first-order valence-electron chi connectivity index (χ1n) is 13.8. The van der Waals surface area contributed by atoms with Crippen LogP contribution in [0.5, 0.6) is 5.75 Å². The molecule has 0 aliphatic heterocycles. The van der Waals surface area contributed by atoms with E-state index >= 15 is 0 Å². The van der Waals surface area contributed by atoms with Gasteiger partial charge in [0.2, 0.25) is 0 Å². The fourth-order valence-corrected chi connectivity index (χ4v) is 5.74. The number of carbonyl (C=O) groups is 1. The number of phenols is 1. The summed E-state index contributed by atoms with van der Waals surface area (Å²) in [5.74, 6) is 0.278. The molecule has 4 aromatic rings. The highest BCUT2D eigenvalue weighted by Gasteiger charge is 2.37. The van der Waals surface area contributed by atoms with Crippen molar-refractivity contribution in [3.63, 3.8) is 0 Å². The molecule has 0 heterocycles. The van der Waals surface area contributed by atoms with Crippen molar-refractivity contribution >= 4 is 27.5 Å². The number of benzene rings is 4. The highest BCUT2D eigenvalue weighted by molar-refractivity contribution is 6.02. The Kier molecular flexibility index (Phi) is 8.34. The van der Waals surface area contributed by atoms with Gasteiger partial charge < -0.3 is 14.9 Å². The molecular formula is C35H40O4. The number of fused-ring (bicyclic) bond motifs is 2. The molecule has 204 valence electrons. The number of phenolic OH excluding ortho intramolecular Hbond substituents is 1. The first kappa shape index (κ1) is 28.2. The highest BCUT2D eigenvalue weighted by Crippen LogP contribution is 2.46. The maximum Gasteiger partial charge on any atom is 0.309 e. The molecule has 0 bridgehead atoms. The minimum absolute atomic E-state index is 0.0291. The largest absolute Gasteiger partial charge is 0.508 e. The molecule has 0 aliphatic rings. The second-order valence-electron chi connectivity index (χ2n) is 11.5. The molecule has 0 aromatic heterocycles. The standard InChI is InChI=1S/C35H40O4/c1-6-32(39-23-31-29-14-10-8-12-25(29)20-26-13-9-11-15-30(26)31)35(5,7-2)22-27(21-34(3,4)33(37)38)24-16-18-28(36)19-17-24/h6,8-20,27,36H,7,21-23H2,1-5H3,(H,37,38)/b32-6+. The van der Waals surface area contributed by atoms with E-state index in [1.807, 2.05) is 19.1 Å². The van der Waals surface area contributed by atoms with Gasteiger partial charge in [-0.25, -0.2) is 0 Å². The fraction of sp³-hybridized carbons (Fsp3) is 0.343. The van der Waals surface area contributed by atoms with Gasteiger partial charge >= 0.3 is 5.97 Å². The van der Waals surface area contributed by atoms with E-state index in [0.29, 0.717) is 13.0 Å². The van der Waals surface area contributed by atoms with Crippen LogP contribution in [0.2, 0.25) is 0 Å². The fourth-order valence-electron chi connectivity index (χ4n) is 5.74. The zero-order chi connectivity index (χ0) is 28.2. The van der Waals surface area contributed by atoms with Crippen LogP contribution in [0.4, 0.5) is 0 Å². The minimum Gasteiger partial charge on any atom is -0.508 e. The zero-order valence-corrected chi connectivity index (χ0v) is 23.7. The third kappa shape index (κ3) is 6.11. The number of allylic oxidation sites excluding steroid dienone is 2. The summed E-state index contributed by atoms with van der Waals surface area (Å²) < 4.78 is 6.69. The smallest absolute Gasteiger partial charge is 0.309 e. The van der Waals surface area contributed by atoms with Gasteiger partial charge in [-0.1, -0.05) is 74.5 Å². The highest BCUT2D eigenvalue weighted by atomic mass is 16.5. The molecule has 0 amide bonds. The lowest BCUT2D eigenvalue weighted by Crippen LogP contribution is -2.30. The maximum atomic E-state index is 12.1. The number of aromatic hydroxyl groups is 1. The molecule has 0 saturated carbocycles. The van der Waals surface area contributed by atoms with Crippen molar-refractivity contribution in [1.82, 2.24) is 0 Å². The molecule has 2 N–H and O–H groups in total. The van der Waals surface area contributed by atoms with E-state index in [0.717, 1.165) is 24.2 Å². The van der Waals surface area contributed by atoms with Crippen molar-refractivity contribution in [2.75, 3.05) is 0 Å². The Hall–Kier alpha value is -3.79. The van der Waals surface area contributed by atoms with Gasteiger partial charge in [0, 0.05) is 11.0 Å². The van der Waals surface area contributed by atoms with E-state index in [2.05, 4.69) is 74.5 Å². The van der Waals surface area contributed by atoms with Gasteiger partial charge in [0.25, 0.3) is 0 Å². The van der Waals surface area contributed by atoms with Crippen molar-refractivity contribution in [3.05, 3.63) is 102 Å². The third-order valence-corrected chi connectivity index (χ3v) is 8.29. The predicted molar refractivity (Wildman–Crippen MR) is 160 cm³/mol. The number of carboxylic acid groups (broad SMARTS) is 1. The Labute approximate surface area is 231 Å². The Morgan fingerprint density at radius 1 is 0.897 bits per heavy atom. The molecule has 0 aliphatic carbocycles. The zero-order valence-electron chi connectivity index (χ0n) is 23.7. The molecule has 2 unspecified atom stereocenters. The van der Waals surface area contributed by atoms with Crippen LogP contribution in [0.15, 0.2) is 90.7 Å². The van der Waals surface area contributed by atoms with Crippen LogP contribution in [0.3, 0.4) is 0 Å². The van der Waals surface area contributed by atoms with E-state index in [1.165, 1.54) is 27.1 Å². The lowest BCUT2D eigenvalue weighted by molar-refractivity contribution is -0.147. The Morgan fingerprint density at radius 2 is 1.46 bits per heavy atom. The minimum atomic E-state index is -0.893. The number of rotatable bonds is 11. The molecule has 0 radical (unpaired) electrons. The summed E-state index contributed by atoms with van der Waals surface area (Å²) in [7, 11) is 0. The number of carboxylic acids is 1. The van der Waals surface area contributed by atoms with Crippen LogP contribution in [0, 0.1) is 10.8 Å². The second-order valence-corrected chi connectivity index (χ2v) is 11.5. The molecule has 4 nitrogen and oxygen atoms in total. The van der Waals surface area contributed by atoms with E-state index in [1.54, 1.807) is 26.0 Å². The van der Waals surface area contributed by atoms with Crippen LogP contribution in [0.1, 0.15) is 70.9 Å². The number of ether oxygens (including phenoxy) is 1. The molecular weight excluding hydrogens is 484 g/mol. The van der Waals surface area contributed by atoms with Gasteiger partial charge in [0.05, 0.1) is 11.2 Å². The molecule has 0 saturated heterocycles. The number of hydrogen-bond acceptors (Lipinski definition) is 3. The normalized spacial score (nSPS) is 14.7. The number of aliphatic carboxylic acids is 1. The van der Waals surface area contributed by atoms with E-state index < -0.39 is 11.4 Å². The summed E-state index contributed by atoms with van der Waals surface area (Å²) in [5.41, 5.74) is 0.989. The molecule has 0 fully saturated rings. The summed E-state index contributed by atoms with van der Waals surface area (Å²) in [6.45, 7) is 10.4. The Bertz CT molecular complexity index is 1430. The van der Waals surface area contributed by atoms with Crippen molar-refractivity contribution in [3.8, 4) is 5.75 Å². The molecule has 2 atom stereocenters. The monoisotopic (exact) mass is 524 g/mol. The summed E-state index contributed by atoms with van der Waals surface area (Å²) in [6, 6.07) is 26.3. The summed E-state index contributed by atoms with van der Waals surface area (Å²) in [6.07, 6.45) is 4.10. The lowest BCUT2D eigenvalue weighted by atomic mass is 9.70. The Balaban J connectivity index is 1.67. The van der Waals surface area contributed by atoms with E-state index in [4.69, 9.17) is 4.74 Å². The van der Waals surface area contributed by atoms with Crippen molar-refractivity contribution in [2.24, 2.45) is 10.8 Å². The summed E-state index contributed by atoms with van der Waals surface area (Å²) >= 11 is 0. The predicted octanol–water partition coefficient (Wildman–Crippen LogP) is 9.21. The van der Waals surface area contributed by atoms with Gasteiger partial charge in [-0.3, -0.25) is 4.79 Å². The van der Waals surface area contributed by atoms with Gasteiger partial charge in [-0.15, -0.1) is 0 Å². The van der Waals surface area contributed by atoms with Crippen LogP contribution in [-0.2, 0) is 16.1 Å². The SMILES string of the molecule is C/C=C(/OCc1c2ccccc2cc2ccccc12)C(C)(CC)CC(CC(C)(C)C(=O)O)c1ccc(O)cc1. The van der Waals surface area contributed by atoms with Gasteiger partial charge in [-0.05, 0) is 97.3 Å². The van der Waals surface area contributed by atoms with Gasteiger partial charge in [-0.2, -0.15) is 0 Å². The van der Waals surface area contributed by atoms with Crippen LogP contribution in [-0.4, -0.2) is 16.2 Å². The maximum absolute atomic E-state index is 12.1. The van der Waals surface area contributed by atoms with Crippen molar-refractivity contribution in [1.29, 1.82) is 0 Å². The second kappa shape index (κ2) is 11.5. The molecule has 4 heteroatoms. The Morgan fingerprint density at radius 3 is 1.97 bits per heavy atom. The third-order valence-electron chi connectivity index (χ3n) is 8.29. The van der Waals surface area contributed by atoms with Crippen LogP contribution < -0.4 is 0 Å². The molecule has 4 aromatic carbocycles. The first-order chi connectivity index (χ1) is 18.6. The summed E-state index contributed by atoms with van der Waals surface area (Å²) in [5, 5.41) is 24.5. The molecule has 0 spiro atoms. The number of hydrogen-bond donors (Lipinski definition) is 2. The quantitative estimate of drug-likeness (QED) is 0.152. The first-order valence-corrected chi connectivity index (χ1v) is 13.8. The van der Waals surface area contributed by atoms with Crippen molar-refractivity contribution < 1.29 is 19.7 Å². The average molecular weight is 525 g/mol. The topological polar surface area (TPSA) is 66.8 Å². The molecule has 39 heavy (non-hydrogen) atoms. The average Bonchev–Trinajstić information content (AvgIpc) is 2.92. The lowest BCUT2D eigenvalue weighted by Gasteiger charge is -2.37. The summed E-state index contributed by atoms with van der Waals surface area (Å²) in [4.78, 5) is 12.1. The van der Waals surface area contributed by atoms with Crippen molar-refractivity contribution in [2.45, 2.75) is 66.4 Å².